The standard InChI is InChI=1S/C17H23N5O2S/c1-2-18-16-8-9-17(20-19-16)21-10-12-22(13-11-21)25(23,24)14-15-6-4-3-5-7-15/h3-9H,2,10-14H2,1H3,(H,18,19). The van der Waals surface area contributed by atoms with Crippen LogP contribution in [0.5, 0.6) is 0 Å². The molecule has 0 unspecified atom stereocenters. The summed E-state index contributed by atoms with van der Waals surface area (Å²) < 4.78 is 26.7. The quantitative estimate of drug-likeness (QED) is 0.841. The first-order chi connectivity index (χ1) is 12.1. The Hall–Kier alpha value is -2.19. The summed E-state index contributed by atoms with van der Waals surface area (Å²) in [5, 5.41) is 11.5. The van der Waals surface area contributed by atoms with E-state index in [4.69, 9.17) is 0 Å². The number of anilines is 2. The third-order valence-electron chi connectivity index (χ3n) is 4.16. The molecular weight excluding hydrogens is 338 g/mol. The van der Waals surface area contributed by atoms with E-state index in [1.54, 1.807) is 4.31 Å². The molecule has 1 saturated heterocycles. The van der Waals surface area contributed by atoms with Crippen LogP contribution in [0.4, 0.5) is 11.6 Å². The van der Waals surface area contributed by atoms with E-state index in [1.807, 2.05) is 49.4 Å². The van der Waals surface area contributed by atoms with Crippen LogP contribution < -0.4 is 10.2 Å². The maximum Gasteiger partial charge on any atom is 0.218 e. The van der Waals surface area contributed by atoms with E-state index in [-0.39, 0.29) is 5.75 Å². The first-order valence-electron chi connectivity index (χ1n) is 8.43. The Morgan fingerprint density at radius 2 is 1.72 bits per heavy atom. The van der Waals surface area contributed by atoms with Gasteiger partial charge in [-0.2, -0.15) is 4.31 Å². The topological polar surface area (TPSA) is 78.4 Å². The third-order valence-corrected chi connectivity index (χ3v) is 6.01. The van der Waals surface area contributed by atoms with Gasteiger partial charge in [-0.1, -0.05) is 30.3 Å². The Balaban J connectivity index is 1.59. The summed E-state index contributed by atoms with van der Waals surface area (Å²) in [4.78, 5) is 2.07. The summed E-state index contributed by atoms with van der Waals surface area (Å²) in [6, 6.07) is 13.1. The monoisotopic (exact) mass is 361 g/mol. The molecule has 0 amide bonds. The minimum absolute atomic E-state index is 0.0467. The lowest BCUT2D eigenvalue weighted by molar-refractivity contribution is 0.383. The van der Waals surface area contributed by atoms with Gasteiger partial charge in [0.1, 0.15) is 5.82 Å². The second kappa shape index (κ2) is 7.79. The number of sulfonamides is 1. The van der Waals surface area contributed by atoms with E-state index in [0.717, 1.165) is 23.7 Å². The number of nitrogens with zero attached hydrogens (tertiary/aromatic N) is 4. The van der Waals surface area contributed by atoms with Crippen LogP contribution in [0.2, 0.25) is 0 Å². The molecule has 2 heterocycles. The van der Waals surface area contributed by atoms with Gasteiger partial charge in [0.2, 0.25) is 10.0 Å². The van der Waals surface area contributed by atoms with Crippen molar-refractivity contribution in [2.45, 2.75) is 12.7 Å². The van der Waals surface area contributed by atoms with Crippen LogP contribution in [0.15, 0.2) is 42.5 Å². The van der Waals surface area contributed by atoms with Gasteiger partial charge in [0.05, 0.1) is 5.75 Å². The third kappa shape index (κ3) is 4.46. The van der Waals surface area contributed by atoms with E-state index < -0.39 is 10.0 Å². The maximum atomic E-state index is 12.6. The molecule has 134 valence electrons. The zero-order valence-electron chi connectivity index (χ0n) is 14.3. The first-order valence-corrected chi connectivity index (χ1v) is 10.0. The molecule has 0 atom stereocenters. The normalized spacial score (nSPS) is 16.0. The number of rotatable bonds is 6. The van der Waals surface area contributed by atoms with Crippen LogP contribution in [0.25, 0.3) is 0 Å². The zero-order valence-corrected chi connectivity index (χ0v) is 15.1. The number of nitrogens with one attached hydrogen (secondary N) is 1. The van der Waals surface area contributed by atoms with Crippen molar-refractivity contribution < 1.29 is 8.42 Å². The second-order valence-electron chi connectivity index (χ2n) is 5.94. The minimum Gasteiger partial charge on any atom is -0.369 e. The van der Waals surface area contributed by atoms with Crippen molar-refractivity contribution in [1.82, 2.24) is 14.5 Å². The van der Waals surface area contributed by atoms with Crippen LogP contribution >= 0.6 is 0 Å². The summed E-state index contributed by atoms with van der Waals surface area (Å²) in [7, 11) is -3.30. The van der Waals surface area contributed by atoms with E-state index in [2.05, 4.69) is 20.4 Å². The molecule has 0 spiro atoms. The summed E-state index contributed by atoms with van der Waals surface area (Å²) >= 11 is 0. The molecule has 1 aliphatic heterocycles. The molecule has 2 aromatic rings. The van der Waals surface area contributed by atoms with Gasteiger partial charge < -0.3 is 10.2 Å². The molecule has 25 heavy (non-hydrogen) atoms. The van der Waals surface area contributed by atoms with Crippen LogP contribution in [0, 0.1) is 0 Å². The number of benzene rings is 1. The number of piperazine rings is 1. The van der Waals surface area contributed by atoms with Gasteiger partial charge in [0.15, 0.2) is 5.82 Å². The maximum absolute atomic E-state index is 12.6. The second-order valence-corrected chi connectivity index (χ2v) is 7.90. The fourth-order valence-corrected chi connectivity index (χ4v) is 4.36. The number of hydrogen-bond donors (Lipinski definition) is 1. The molecule has 0 bridgehead atoms. The van der Waals surface area contributed by atoms with Crippen LogP contribution in [-0.4, -0.2) is 55.6 Å². The highest BCUT2D eigenvalue weighted by Gasteiger charge is 2.27. The zero-order chi connectivity index (χ0) is 17.7. The molecule has 1 fully saturated rings. The molecular formula is C17H23N5O2S. The van der Waals surface area contributed by atoms with E-state index >= 15 is 0 Å². The van der Waals surface area contributed by atoms with E-state index in [1.165, 1.54) is 0 Å². The summed E-state index contributed by atoms with van der Waals surface area (Å²) in [6.45, 7) is 4.96. The average molecular weight is 361 g/mol. The van der Waals surface area contributed by atoms with Crippen LogP contribution in [-0.2, 0) is 15.8 Å². The van der Waals surface area contributed by atoms with Crippen molar-refractivity contribution in [2.24, 2.45) is 0 Å². The van der Waals surface area contributed by atoms with Gasteiger partial charge in [-0.25, -0.2) is 8.42 Å². The Bertz CT molecular complexity index is 772. The predicted molar refractivity (Wildman–Crippen MR) is 99.0 cm³/mol. The SMILES string of the molecule is CCNc1ccc(N2CCN(S(=O)(=O)Cc3ccccc3)CC2)nn1. The van der Waals surface area contributed by atoms with Crippen molar-refractivity contribution in [3.05, 3.63) is 48.0 Å². The van der Waals surface area contributed by atoms with Crippen molar-refractivity contribution in [1.29, 1.82) is 0 Å². The lowest BCUT2D eigenvalue weighted by Crippen LogP contribution is -2.49. The van der Waals surface area contributed by atoms with Gasteiger partial charge in [-0.05, 0) is 24.6 Å². The van der Waals surface area contributed by atoms with Crippen molar-refractivity contribution >= 4 is 21.7 Å². The summed E-state index contributed by atoms with van der Waals surface area (Å²) in [5.41, 5.74) is 0.815. The van der Waals surface area contributed by atoms with Crippen LogP contribution in [0.1, 0.15) is 12.5 Å². The molecule has 1 N–H and O–H groups in total. The van der Waals surface area contributed by atoms with Gasteiger partial charge >= 0.3 is 0 Å². The van der Waals surface area contributed by atoms with E-state index in [9.17, 15) is 8.42 Å². The van der Waals surface area contributed by atoms with Gasteiger partial charge in [0, 0.05) is 32.7 Å². The molecule has 3 rings (SSSR count). The molecule has 1 aromatic carbocycles. The largest absolute Gasteiger partial charge is 0.369 e. The lowest BCUT2D eigenvalue weighted by atomic mass is 10.2. The Kier molecular flexibility index (Phi) is 5.50. The smallest absolute Gasteiger partial charge is 0.218 e. The molecule has 8 heteroatoms. The number of hydrogen-bond acceptors (Lipinski definition) is 6. The Morgan fingerprint density at radius 1 is 1.00 bits per heavy atom. The summed E-state index contributed by atoms with van der Waals surface area (Å²) in [6.07, 6.45) is 0. The highest BCUT2D eigenvalue weighted by Crippen LogP contribution is 2.17. The predicted octanol–water partition coefficient (Wildman–Crippen LogP) is 1.56. The molecule has 1 aliphatic rings. The first kappa shape index (κ1) is 17.6. The highest BCUT2D eigenvalue weighted by atomic mass is 32.2. The molecule has 0 radical (unpaired) electrons. The van der Waals surface area contributed by atoms with Gasteiger partial charge in [0.25, 0.3) is 0 Å². The Morgan fingerprint density at radius 3 is 2.32 bits per heavy atom. The lowest BCUT2D eigenvalue weighted by Gasteiger charge is -2.34. The van der Waals surface area contributed by atoms with Gasteiger partial charge in [-0.15, -0.1) is 10.2 Å². The van der Waals surface area contributed by atoms with Crippen molar-refractivity contribution in [3.63, 3.8) is 0 Å². The van der Waals surface area contributed by atoms with E-state index in [0.29, 0.717) is 26.2 Å². The molecule has 0 saturated carbocycles. The molecule has 7 nitrogen and oxygen atoms in total. The highest BCUT2D eigenvalue weighted by molar-refractivity contribution is 7.88. The van der Waals surface area contributed by atoms with Crippen molar-refractivity contribution in [2.75, 3.05) is 42.9 Å². The molecule has 1 aromatic heterocycles. The average Bonchev–Trinajstić information content (AvgIpc) is 2.63. The fourth-order valence-electron chi connectivity index (χ4n) is 2.84. The number of aromatic nitrogens is 2. The van der Waals surface area contributed by atoms with Crippen LogP contribution in [0.3, 0.4) is 0 Å². The fraction of sp³-hybridized carbons (Fsp3) is 0.412. The Labute approximate surface area is 148 Å². The molecule has 0 aliphatic carbocycles. The minimum atomic E-state index is -3.30. The van der Waals surface area contributed by atoms with Crippen molar-refractivity contribution in [3.8, 4) is 0 Å². The summed E-state index contributed by atoms with van der Waals surface area (Å²) in [5.74, 6) is 1.57. The van der Waals surface area contributed by atoms with Gasteiger partial charge in [-0.3, -0.25) is 0 Å².